The SMILES string of the molecule is CCCCC(C)(CCC)c1cncc(Br)c1. The van der Waals surface area contributed by atoms with E-state index in [-0.39, 0.29) is 0 Å². The number of unbranched alkanes of at least 4 members (excludes halogenated alkanes) is 1. The average Bonchev–Trinajstić information content (AvgIpc) is 2.27. The number of nitrogens with zero attached hydrogens (tertiary/aromatic N) is 1. The smallest absolute Gasteiger partial charge is 0.0410 e. The fourth-order valence-electron chi connectivity index (χ4n) is 2.27. The zero-order chi connectivity index (χ0) is 12.0. The second-order valence-electron chi connectivity index (χ2n) is 4.81. The lowest BCUT2D eigenvalue weighted by Gasteiger charge is -2.29. The lowest BCUT2D eigenvalue weighted by molar-refractivity contribution is 0.381. The van der Waals surface area contributed by atoms with Gasteiger partial charge in [0.2, 0.25) is 0 Å². The van der Waals surface area contributed by atoms with Crippen molar-refractivity contribution in [3.05, 3.63) is 28.5 Å². The van der Waals surface area contributed by atoms with Gasteiger partial charge in [0.25, 0.3) is 0 Å². The summed E-state index contributed by atoms with van der Waals surface area (Å²) in [5, 5.41) is 0. The molecule has 2 heteroatoms. The van der Waals surface area contributed by atoms with Gasteiger partial charge < -0.3 is 0 Å². The topological polar surface area (TPSA) is 12.9 Å². The molecule has 1 aromatic rings. The Hall–Kier alpha value is -0.370. The van der Waals surface area contributed by atoms with Gasteiger partial charge in [0.1, 0.15) is 0 Å². The summed E-state index contributed by atoms with van der Waals surface area (Å²) in [6, 6.07) is 2.22. The average molecular weight is 284 g/mol. The molecule has 0 saturated carbocycles. The fourth-order valence-corrected chi connectivity index (χ4v) is 2.64. The highest BCUT2D eigenvalue weighted by Crippen LogP contribution is 2.34. The van der Waals surface area contributed by atoms with Crippen molar-refractivity contribution in [3.8, 4) is 0 Å². The second-order valence-corrected chi connectivity index (χ2v) is 5.72. The van der Waals surface area contributed by atoms with Crippen molar-refractivity contribution in [1.82, 2.24) is 4.98 Å². The molecule has 1 unspecified atom stereocenters. The molecule has 0 aliphatic heterocycles. The lowest BCUT2D eigenvalue weighted by Crippen LogP contribution is -2.22. The summed E-state index contributed by atoms with van der Waals surface area (Å²) < 4.78 is 1.09. The largest absolute Gasteiger partial charge is 0.263 e. The van der Waals surface area contributed by atoms with Gasteiger partial charge in [0, 0.05) is 16.9 Å². The predicted molar refractivity (Wildman–Crippen MR) is 73.7 cm³/mol. The molecule has 0 aromatic carbocycles. The molecule has 0 amide bonds. The van der Waals surface area contributed by atoms with Crippen LogP contribution in [0.15, 0.2) is 22.9 Å². The maximum atomic E-state index is 4.29. The Balaban J connectivity index is 2.91. The van der Waals surface area contributed by atoms with E-state index in [0.29, 0.717) is 5.41 Å². The van der Waals surface area contributed by atoms with E-state index in [1.54, 1.807) is 0 Å². The Morgan fingerprint density at radius 2 is 1.94 bits per heavy atom. The van der Waals surface area contributed by atoms with Crippen LogP contribution in [0, 0.1) is 0 Å². The number of pyridine rings is 1. The van der Waals surface area contributed by atoms with Crippen molar-refractivity contribution in [2.45, 2.75) is 58.3 Å². The molecule has 0 spiro atoms. The van der Waals surface area contributed by atoms with Gasteiger partial charge in [-0.05, 0) is 45.8 Å². The normalized spacial score (nSPS) is 14.8. The molecule has 0 aliphatic rings. The molecule has 0 aliphatic carbocycles. The third-order valence-electron chi connectivity index (χ3n) is 3.29. The van der Waals surface area contributed by atoms with E-state index in [1.807, 2.05) is 12.4 Å². The second kappa shape index (κ2) is 6.39. The highest BCUT2D eigenvalue weighted by molar-refractivity contribution is 9.10. The number of aromatic nitrogens is 1. The molecule has 0 radical (unpaired) electrons. The van der Waals surface area contributed by atoms with Crippen LogP contribution in [0.2, 0.25) is 0 Å². The van der Waals surface area contributed by atoms with Crippen LogP contribution in [0.4, 0.5) is 0 Å². The van der Waals surface area contributed by atoms with Gasteiger partial charge in [-0.15, -0.1) is 0 Å². The van der Waals surface area contributed by atoms with E-state index < -0.39 is 0 Å². The molecule has 1 aromatic heterocycles. The molecule has 0 bridgehead atoms. The first-order valence-corrected chi connectivity index (χ1v) is 7.02. The van der Waals surface area contributed by atoms with E-state index >= 15 is 0 Å². The van der Waals surface area contributed by atoms with Crippen molar-refractivity contribution in [1.29, 1.82) is 0 Å². The first-order chi connectivity index (χ1) is 7.62. The summed E-state index contributed by atoms with van der Waals surface area (Å²) in [6.07, 6.45) is 10.2. The minimum absolute atomic E-state index is 0.293. The Kier molecular flexibility index (Phi) is 5.47. The van der Waals surface area contributed by atoms with Gasteiger partial charge in [-0.2, -0.15) is 0 Å². The van der Waals surface area contributed by atoms with Crippen LogP contribution in [-0.2, 0) is 5.41 Å². The molecular weight excluding hydrogens is 262 g/mol. The first kappa shape index (κ1) is 13.7. The Morgan fingerprint density at radius 3 is 2.50 bits per heavy atom. The summed E-state index contributed by atoms with van der Waals surface area (Å²) >= 11 is 3.51. The first-order valence-electron chi connectivity index (χ1n) is 6.23. The highest BCUT2D eigenvalue weighted by atomic mass is 79.9. The Labute approximate surface area is 108 Å². The van der Waals surface area contributed by atoms with Crippen molar-refractivity contribution >= 4 is 15.9 Å². The summed E-state index contributed by atoms with van der Waals surface area (Å²) in [5.41, 5.74) is 1.67. The maximum Gasteiger partial charge on any atom is 0.0410 e. The predicted octanol–water partition coefficient (Wildman–Crippen LogP) is 5.09. The Morgan fingerprint density at radius 1 is 1.19 bits per heavy atom. The number of rotatable bonds is 6. The van der Waals surface area contributed by atoms with Gasteiger partial charge in [0.05, 0.1) is 0 Å². The van der Waals surface area contributed by atoms with Crippen LogP contribution >= 0.6 is 15.9 Å². The maximum absolute atomic E-state index is 4.29. The Bertz CT molecular complexity index is 324. The molecule has 1 nitrogen and oxygen atoms in total. The van der Waals surface area contributed by atoms with Gasteiger partial charge in [-0.1, -0.05) is 40.0 Å². The number of halogens is 1. The van der Waals surface area contributed by atoms with E-state index in [2.05, 4.69) is 47.8 Å². The minimum Gasteiger partial charge on any atom is -0.263 e. The van der Waals surface area contributed by atoms with Crippen LogP contribution in [0.1, 0.15) is 58.4 Å². The van der Waals surface area contributed by atoms with E-state index in [4.69, 9.17) is 0 Å². The van der Waals surface area contributed by atoms with E-state index in [9.17, 15) is 0 Å². The van der Waals surface area contributed by atoms with Crippen molar-refractivity contribution in [2.75, 3.05) is 0 Å². The van der Waals surface area contributed by atoms with Crippen LogP contribution in [0.3, 0.4) is 0 Å². The lowest BCUT2D eigenvalue weighted by atomic mass is 9.75. The van der Waals surface area contributed by atoms with Crippen molar-refractivity contribution in [3.63, 3.8) is 0 Å². The number of hydrogen-bond donors (Lipinski definition) is 0. The monoisotopic (exact) mass is 283 g/mol. The molecule has 0 fully saturated rings. The number of hydrogen-bond acceptors (Lipinski definition) is 1. The molecule has 1 atom stereocenters. The van der Waals surface area contributed by atoms with Crippen LogP contribution in [0.5, 0.6) is 0 Å². The third kappa shape index (κ3) is 3.58. The van der Waals surface area contributed by atoms with Gasteiger partial charge >= 0.3 is 0 Å². The molecule has 1 rings (SSSR count). The van der Waals surface area contributed by atoms with Crippen molar-refractivity contribution in [2.24, 2.45) is 0 Å². The van der Waals surface area contributed by atoms with Crippen LogP contribution in [-0.4, -0.2) is 4.98 Å². The van der Waals surface area contributed by atoms with Gasteiger partial charge in [-0.3, -0.25) is 4.98 Å². The highest BCUT2D eigenvalue weighted by Gasteiger charge is 2.25. The molecule has 0 saturated heterocycles. The summed E-state index contributed by atoms with van der Waals surface area (Å²) in [7, 11) is 0. The van der Waals surface area contributed by atoms with Gasteiger partial charge in [-0.25, -0.2) is 0 Å². The van der Waals surface area contributed by atoms with Crippen molar-refractivity contribution < 1.29 is 0 Å². The fraction of sp³-hybridized carbons (Fsp3) is 0.643. The van der Waals surface area contributed by atoms with E-state index in [1.165, 1.54) is 37.7 Å². The summed E-state index contributed by atoms with van der Waals surface area (Å²) in [6.45, 7) is 6.89. The summed E-state index contributed by atoms with van der Waals surface area (Å²) in [5.74, 6) is 0. The minimum atomic E-state index is 0.293. The zero-order valence-electron chi connectivity index (χ0n) is 10.6. The standard InChI is InChI=1S/C14H22BrN/c1-4-6-8-14(3,7-5-2)12-9-13(15)11-16-10-12/h9-11H,4-8H2,1-3H3. The quantitative estimate of drug-likeness (QED) is 0.708. The summed E-state index contributed by atoms with van der Waals surface area (Å²) in [4.78, 5) is 4.29. The van der Waals surface area contributed by atoms with Crippen LogP contribution in [0.25, 0.3) is 0 Å². The molecule has 90 valence electrons. The molecular formula is C14H22BrN. The molecule has 0 N–H and O–H groups in total. The third-order valence-corrected chi connectivity index (χ3v) is 3.72. The molecule has 16 heavy (non-hydrogen) atoms. The molecule has 1 heterocycles. The van der Waals surface area contributed by atoms with Crippen LogP contribution < -0.4 is 0 Å². The van der Waals surface area contributed by atoms with E-state index in [0.717, 1.165) is 4.47 Å². The van der Waals surface area contributed by atoms with Gasteiger partial charge in [0.15, 0.2) is 0 Å². The zero-order valence-corrected chi connectivity index (χ0v) is 12.2.